The van der Waals surface area contributed by atoms with Gasteiger partial charge in [-0.25, -0.2) is 9.50 Å². The van der Waals surface area contributed by atoms with Crippen LogP contribution < -0.4 is 9.80 Å². The molecule has 5 nitrogen and oxygen atoms in total. The fraction of sp³-hybridized carbons (Fsp3) is 0.500. The maximum absolute atomic E-state index is 5.08. The van der Waals surface area contributed by atoms with Gasteiger partial charge in [0.05, 0.1) is 16.9 Å². The van der Waals surface area contributed by atoms with E-state index < -0.39 is 0 Å². The van der Waals surface area contributed by atoms with Gasteiger partial charge >= 0.3 is 0 Å². The second-order valence-corrected chi connectivity index (χ2v) is 9.90. The molecule has 30 heavy (non-hydrogen) atoms. The van der Waals surface area contributed by atoms with E-state index in [1.54, 1.807) is 11.8 Å². The van der Waals surface area contributed by atoms with Crippen LogP contribution in [0.1, 0.15) is 31.2 Å². The van der Waals surface area contributed by atoms with Crippen molar-refractivity contribution in [3.63, 3.8) is 0 Å². The Hall–Kier alpha value is -2.21. The van der Waals surface area contributed by atoms with Crippen LogP contribution in [0.5, 0.6) is 0 Å². The normalized spacial score (nSPS) is 16.3. The second-order valence-electron chi connectivity index (χ2n) is 9.11. The lowest BCUT2D eigenvalue weighted by Gasteiger charge is -2.25. The van der Waals surface area contributed by atoms with Crippen molar-refractivity contribution < 1.29 is 0 Å². The van der Waals surface area contributed by atoms with Crippen molar-refractivity contribution in [3.05, 3.63) is 36.0 Å². The lowest BCUT2D eigenvalue weighted by Crippen LogP contribution is -2.28. The van der Waals surface area contributed by atoms with Gasteiger partial charge in [-0.2, -0.15) is 5.10 Å². The van der Waals surface area contributed by atoms with Crippen molar-refractivity contribution in [2.75, 3.05) is 43.2 Å². The molecule has 2 saturated carbocycles. The Labute approximate surface area is 183 Å². The summed E-state index contributed by atoms with van der Waals surface area (Å²) in [6, 6.07) is 8.72. The molecule has 0 bridgehead atoms. The molecule has 2 aliphatic rings. The van der Waals surface area contributed by atoms with Crippen LogP contribution in [-0.2, 0) is 0 Å². The molecule has 2 aliphatic carbocycles. The summed E-state index contributed by atoms with van der Waals surface area (Å²) in [4.78, 5) is 9.36. The number of nitrogens with zero attached hydrogens (tertiary/aromatic N) is 5. The molecular weight excluding hydrogens is 390 g/mol. The molecule has 3 heterocycles. The van der Waals surface area contributed by atoms with Crippen molar-refractivity contribution in [3.8, 4) is 11.3 Å². The van der Waals surface area contributed by atoms with E-state index in [0.29, 0.717) is 0 Å². The van der Waals surface area contributed by atoms with Crippen molar-refractivity contribution in [1.82, 2.24) is 14.6 Å². The van der Waals surface area contributed by atoms with Crippen molar-refractivity contribution >= 4 is 28.8 Å². The van der Waals surface area contributed by atoms with Gasteiger partial charge in [0.25, 0.3) is 0 Å². The number of aromatic nitrogens is 3. The van der Waals surface area contributed by atoms with Crippen LogP contribution in [-0.4, -0.2) is 48.0 Å². The van der Waals surface area contributed by atoms with Crippen LogP contribution in [0.2, 0.25) is 0 Å². The molecule has 0 N–H and O–H groups in total. The molecule has 0 amide bonds. The van der Waals surface area contributed by atoms with Crippen LogP contribution in [0.3, 0.4) is 0 Å². The van der Waals surface area contributed by atoms with E-state index in [1.165, 1.54) is 55.5 Å². The summed E-state index contributed by atoms with van der Waals surface area (Å²) < 4.78 is 2.15. The van der Waals surface area contributed by atoms with Gasteiger partial charge in [-0.15, -0.1) is 11.8 Å². The highest BCUT2D eigenvalue weighted by Gasteiger charge is 2.32. The second kappa shape index (κ2) is 7.80. The Morgan fingerprint density at radius 1 is 1.10 bits per heavy atom. The third-order valence-corrected chi connectivity index (χ3v) is 6.95. The number of rotatable bonds is 8. The van der Waals surface area contributed by atoms with Gasteiger partial charge in [0.2, 0.25) is 0 Å². The minimum atomic E-state index is 0.863. The predicted molar refractivity (Wildman–Crippen MR) is 127 cm³/mol. The maximum Gasteiger partial charge on any atom is 0.142 e. The molecule has 3 aromatic rings. The standard InChI is InChI=1S/C24H31N5S/c1-16-12-22(27(2)3)25-13-19(16)20-6-5-7-21-23(24(30-4)26-29(20)21)28(14-17-8-9-17)15-18-10-11-18/h5-7,12-13,17-18H,8-11,14-15H2,1-4H3. The zero-order chi connectivity index (χ0) is 20.8. The van der Waals surface area contributed by atoms with E-state index in [4.69, 9.17) is 5.10 Å². The highest BCUT2D eigenvalue weighted by Crippen LogP contribution is 2.41. The lowest BCUT2D eigenvalue weighted by molar-refractivity contribution is 0.676. The summed E-state index contributed by atoms with van der Waals surface area (Å²) in [6.07, 6.45) is 9.65. The Bertz CT molecular complexity index is 1050. The van der Waals surface area contributed by atoms with Gasteiger partial charge < -0.3 is 9.80 Å². The van der Waals surface area contributed by atoms with Crippen LogP contribution in [0, 0.1) is 18.8 Å². The van der Waals surface area contributed by atoms with Crippen LogP contribution in [0.4, 0.5) is 11.5 Å². The third kappa shape index (κ3) is 3.78. The SMILES string of the molecule is CSc1nn2c(-c3cnc(N(C)C)cc3C)cccc2c1N(CC1CC1)CC1CC1. The average Bonchev–Trinajstić information content (AvgIpc) is 3.66. The topological polar surface area (TPSA) is 36.7 Å². The first-order chi connectivity index (χ1) is 14.5. The van der Waals surface area contributed by atoms with Gasteiger partial charge in [-0.1, -0.05) is 6.07 Å². The van der Waals surface area contributed by atoms with Gasteiger partial charge in [0.1, 0.15) is 10.8 Å². The lowest BCUT2D eigenvalue weighted by atomic mass is 10.1. The van der Waals surface area contributed by atoms with E-state index in [0.717, 1.165) is 33.9 Å². The van der Waals surface area contributed by atoms with E-state index >= 15 is 0 Å². The van der Waals surface area contributed by atoms with E-state index in [2.05, 4.69) is 51.8 Å². The molecule has 0 atom stereocenters. The molecule has 0 aliphatic heterocycles. The zero-order valence-corrected chi connectivity index (χ0v) is 19.2. The molecule has 0 saturated heterocycles. The first-order valence-electron chi connectivity index (χ1n) is 11.0. The monoisotopic (exact) mass is 421 g/mol. The first kappa shape index (κ1) is 19.7. The van der Waals surface area contributed by atoms with Gasteiger partial charge in [-0.3, -0.25) is 0 Å². The molecular formula is C24H31N5S. The molecule has 0 spiro atoms. The number of hydrogen-bond acceptors (Lipinski definition) is 5. The maximum atomic E-state index is 5.08. The third-order valence-electron chi connectivity index (χ3n) is 6.29. The van der Waals surface area contributed by atoms with Gasteiger partial charge in [0.15, 0.2) is 0 Å². The fourth-order valence-corrected chi connectivity index (χ4v) is 4.80. The predicted octanol–water partition coefficient (Wildman–Crippen LogP) is 5.12. The zero-order valence-electron chi connectivity index (χ0n) is 18.4. The van der Waals surface area contributed by atoms with Crippen LogP contribution >= 0.6 is 11.8 Å². The number of pyridine rings is 2. The summed E-state index contributed by atoms with van der Waals surface area (Å²) in [5, 5.41) is 6.22. The number of hydrogen-bond donors (Lipinski definition) is 0. The van der Waals surface area contributed by atoms with E-state index in [-0.39, 0.29) is 0 Å². The quantitative estimate of drug-likeness (QED) is 0.472. The molecule has 2 fully saturated rings. The minimum absolute atomic E-state index is 0.863. The molecule has 3 aromatic heterocycles. The minimum Gasteiger partial charge on any atom is -0.367 e. The summed E-state index contributed by atoms with van der Waals surface area (Å²) in [5.41, 5.74) is 6.02. The van der Waals surface area contributed by atoms with Crippen LogP contribution in [0.25, 0.3) is 16.8 Å². The Balaban J connectivity index is 1.62. The van der Waals surface area contributed by atoms with Crippen molar-refractivity contribution in [2.45, 2.75) is 37.6 Å². The highest BCUT2D eigenvalue weighted by molar-refractivity contribution is 7.98. The number of anilines is 2. The fourth-order valence-electron chi connectivity index (χ4n) is 4.21. The van der Waals surface area contributed by atoms with E-state index in [1.807, 2.05) is 25.2 Å². The first-order valence-corrected chi connectivity index (χ1v) is 12.2. The Morgan fingerprint density at radius 2 is 1.80 bits per heavy atom. The summed E-state index contributed by atoms with van der Waals surface area (Å²) in [7, 11) is 4.06. The molecule has 0 unspecified atom stereocenters. The summed E-state index contributed by atoms with van der Waals surface area (Å²) >= 11 is 1.76. The van der Waals surface area contributed by atoms with Crippen LogP contribution in [0.15, 0.2) is 35.5 Å². The number of thioether (sulfide) groups is 1. The number of fused-ring (bicyclic) bond motifs is 1. The molecule has 0 aromatic carbocycles. The summed E-state index contributed by atoms with van der Waals surface area (Å²) in [6.45, 7) is 4.51. The number of aryl methyl sites for hydroxylation is 1. The average molecular weight is 422 g/mol. The Morgan fingerprint density at radius 3 is 2.37 bits per heavy atom. The van der Waals surface area contributed by atoms with Crippen molar-refractivity contribution in [1.29, 1.82) is 0 Å². The largest absolute Gasteiger partial charge is 0.367 e. The van der Waals surface area contributed by atoms with E-state index in [9.17, 15) is 0 Å². The smallest absolute Gasteiger partial charge is 0.142 e. The molecule has 5 rings (SSSR count). The highest BCUT2D eigenvalue weighted by atomic mass is 32.2. The molecule has 6 heteroatoms. The summed E-state index contributed by atoms with van der Waals surface area (Å²) in [5.74, 6) is 2.71. The van der Waals surface area contributed by atoms with Crippen molar-refractivity contribution in [2.24, 2.45) is 11.8 Å². The van der Waals surface area contributed by atoms with Gasteiger partial charge in [0, 0.05) is 38.9 Å². The van der Waals surface area contributed by atoms with Gasteiger partial charge in [-0.05, 0) is 74.5 Å². The Kier molecular flexibility index (Phi) is 5.13. The molecule has 0 radical (unpaired) electrons. The molecule has 158 valence electrons.